The smallest absolute Gasteiger partial charge is 0.416 e. The maximum absolute atomic E-state index is 14.0. The van der Waals surface area contributed by atoms with Gasteiger partial charge < -0.3 is 29.5 Å². The van der Waals surface area contributed by atoms with E-state index in [0.717, 1.165) is 53.5 Å². The SMILES string of the molecule is Cc1ncnc(C(=O)N2CCN(c3c4n(c5nc(-c6ccc7c(c6)COC7(C)C)nn5c3=O)CCC4C)CC2)c1O.O=CNc1ccc(C(F)(F)F)cc1Cl. The number of hydrogen-bond acceptors (Lipinski definition) is 10. The number of nitrogens with one attached hydrogen (secondary N) is 1. The zero-order valence-electron chi connectivity index (χ0n) is 30.3. The molecule has 1 saturated heterocycles. The Kier molecular flexibility index (Phi) is 9.79. The molecule has 0 radical (unpaired) electrons. The van der Waals surface area contributed by atoms with E-state index in [1.807, 2.05) is 6.07 Å². The maximum Gasteiger partial charge on any atom is 0.416 e. The van der Waals surface area contributed by atoms with E-state index in [9.17, 15) is 32.7 Å². The van der Waals surface area contributed by atoms with Crippen LogP contribution in [0.15, 0.2) is 47.5 Å². The first-order valence-electron chi connectivity index (χ1n) is 17.5. The quantitative estimate of drug-likeness (QED) is 0.218. The van der Waals surface area contributed by atoms with Crippen LogP contribution in [0.2, 0.25) is 5.02 Å². The molecule has 1 unspecified atom stereocenters. The molecule has 55 heavy (non-hydrogen) atoms. The molecule has 1 atom stereocenters. The highest BCUT2D eigenvalue weighted by Crippen LogP contribution is 2.39. The highest BCUT2D eigenvalue weighted by molar-refractivity contribution is 6.33. The molecular formula is C37H37ClF3N9O5. The van der Waals surface area contributed by atoms with E-state index in [-0.39, 0.29) is 45.1 Å². The number of benzene rings is 2. The van der Waals surface area contributed by atoms with Crippen LogP contribution in [-0.4, -0.2) is 77.6 Å². The Hall–Kier alpha value is -5.55. The first-order valence-corrected chi connectivity index (χ1v) is 17.9. The number of halogens is 4. The molecular weight excluding hydrogens is 743 g/mol. The Morgan fingerprint density at radius 3 is 2.53 bits per heavy atom. The van der Waals surface area contributed by atoms with Gasteiger partial charge in [-0.15, -0.1) is 5.10 Å². The first-order chi connectivity index (χ1) is 26.1. The van der Waals surface area contributed by atoms with Gasteiger partial charge in [0.2, 0.25) is 12.2 Å². The largest absolute Gasteiger partial charge is 0.504 e. The molecule has 0 saturated carbocycles. The molecule has 1 fully saturated rings. The number of aromatic hydroxyl groups is 1. The van der Waals surface area contributed by atoms with Crippen LogP contribution < -0.4 is 15.8 Å². The number of carbonyl (C=O) groups is 2. The third kappa shape index (κ3) is 6.97. The van der Waals surface area contributed by atoms with E-state index in [4.69, 9.17) is 26.4 Å². The molecule has 0 aliphatic carbocycles. The van der Waals surface area contributed by atoms with Crippen LogP contribution in [0.3, 0.4) is 0 Å². The van der Waals surface area contributed by atoms with Crippen LogP contribution >= 0.6 is 11.6 Å². The van der Waals surface area contributed by atoms with Gasteiger partial charge in [0.15, 0.2) is 17.3 Å². The summed E-state index contributed by atoms with van der Waals surface area (Å²) in [7, 11) is 0. The molecule has 8 rings (SSSR count). The standard InChI is InChI=1S/C29H32N8O4.C8H5ClF3NO/c1-16-7-8-36-22(16)23(34-9-11-35(12-10-34)26(39)21-24(38)17(2)30-15-31-21)27(40)37-28(36)32-25(33-37)18-5-6-20-19(13-18)14-41-29(20,3)4;9-6-3-5(8(10,11)12)1-2-7(6)13-4-14/h5-6,13,15-16,38H,7-12,14H2,1-4H3;1-4H,(H,13,14). The average molecular weight is 780 g/mol. The number of anilines is 2. The van der Waals surface area contributed by atoms with Gasteiger partial charge in [0.05, 0.1) is 39.9 Å². The lowest BCUT2D eigenvalue weighted by molar-refractivity contribution is -0.137. The number of piperazine rings is 1. The Labute approximate surface area is 317 Å². The fourth-order valence-electron chi connectivity index (χ4n) is 7.21. The summed E-state index contributed by atoms with van der Waals surface area (Å²) < 4.78 is 45.9. The number of alkyl halides is 3. The monoisotopic (exact) mass is 779 g/mol. The van der Waals surface area contributed by atoms with Gasteiger partial charge in [0.25, 0.3) is 11.5 Å². The molecule has 2 amide bonds. The zero-order chi connectivity index (χ0) is 39.4. The number of rotatable bonds is 5. The predicted octanol–water partition coefficient (Wildman–Crippen LogP) is 5.52. The number of fused-ring (bicyclic) bond motifs is 4. The lowest BCUT2D eigenvalue weighted by atomic mass is 9.94. The zero-order valence-corrected chi connectivity index (χ0v) is 31.1. The van der Waals surface area contributed by atoms with Crippen molar-refractivity contribution in [3.8, 4) is 17.1 Å². The minimum atomic E-state index is -4.43. The molecule has 6 heterocycles. The Balaban J connectivity index is 0.000000282. The van der Waals surface area contributed by atoms with E-state index in [0.29, 0.717) is 62.2 Å². The summed E-state index contributed by atoms with van der Waals surface area (Å²) in [6.07, 6.45) is -1.90. The normalized spacial score (nSPS) is 17.4. The number of hydrogen-bond donors (Lipinski definition) is 2. The van der Waals surface area contributed by atoms with Crippen molar-refractivity contribution in [2.75, 3.05) is 36.4 Å². The van der Waals surface area contributed by atoms with Gasteiger partial charge in [-0.3, -0.25) is 14.4 Å². The summed E-state index contributed by atoms with van der Waals surface area (Å²) in [5.41, 5.74) is 3.84. The fraction of sp³-hybridized carbons (Fsp3) is 0.378. The van der Waals surface area contributed by atoms with Crippen molar-refractivity contribution in [1.29, 1.82) is 0 Å². The van der Waals surface area contributed by atoms with Gasteiger partial charge in [-0.25, -0.2) is 9.97 Å². The number of amides is 2. The van der Waals surface area contributed by atoms with E-state index in [1.54, 1.807) is 11.8 Å². The van der Waals surface area contributed by atoms with Crippen LogP contribution in [0.25, 0.3) is 17.2 Å². The van der Waals surface area contributed by atoms with Gasteiger partial charge in [-0.05, 0) is 62.6 Å². The molecule has 14 nitrogen and oxygen atoms in total. The second-order valence-electron chi connectivity index (χ2n) is 14.1. The predicted molar refractivity (Wildman–Crippen MR) is 196 cm³/mol. The Morgan fingerprint density at radius 2 is 1.84 bits per heavy atom. The highest BCUT2D eigenvalue weighted by Gasteiger charge is 2.35. The number of ether oxygens (including phenoxy) is 1. The molecule has 0 spiro atoms. The van der Waals surface area contributed by atoms with E-state index in [2.05, 4.69) is 57.7 Å². The Morgan fingerprint density at radius 1 is 1.09 bits per heavy atom. The molecule has 288 valence electrons. The van der Waals surface area contributed by atoms with E-state index >= 15 is 0 Å². The second kappa shape index (κ2) is 14.3. The fourth-order valence-corrected chi connectivity index (χ4v) is 7.45. The third-order valence-electron chi connectivity index (χ3n) is 10.2. The molecule has 18 heteroatoms. The third-order valence-corrected chi connectivity index (χ3v) is 10.5. The van der Waals surface area contributed by atoms with Crippen LogP contribution in [0.5, 0.6) is 5.75 Å². The van der Waals surface area contributed by atoms with Crippen molar-refractivity contribution in [3.05, 3.63) is 91.9 Å². The van der Waals surface area contributed by atoms with Gasteiger partial charge in [0.1, 0.15) is 12.0 Å². The van der Waals surface area contributed by atoms with Crippen molar-refractivity contribution < 1.29 is 32.6 Å². The average Bonchev–Trinajstić information content (AvgIpc) is 3.85. The maximum atomic E-state index is 14.0. The number of aryl methyl sites for hydroxylation is 2. The number of nitrogens with zero attached hydrogens (tertiary/aromatic N) is 8. The topological polar surface area (TPSA) is 160 Å². The molecule has 3 aromatic heterocycles. The van der Waals surface area contributed by atoms with Crippen molar-refractivity contribution in [1.82, 2.24) is 34.0 Å². The van der Waals surface area contributed by atoms with Gasteiger partial charge in [0, 0.05) is 44.2 Å². The lowest BCUT2D eigenvalue weighted by Gasteiger charge is -2.36. The summed E-state index contributed by atoms with van der Waals surface area (Å²) in [6, 6.07) is 8.82. The van der Waals surface area contributed by atoms with Crippen LogP contribution in [-0.2, 0) is 34.5 Å². The number of carbonyl (C=O) groups excluding carboxylic acids is 2. The first kappa shape index (κ1) is 37.8. The van der Waals surface area contributed by atoms with E-state index < -0.39 is 11.7 Å². The molecule has 3 aliphatic rings. The Bertz CT molecular complexity index is 2390. The molecule has 5 aromatic rings. The van der Waals surface area contributed by atoms with Crippen molar-refractivity contribution >= 4 is 41.1 Å². The van der Waals surface area contributed by atoms with Crippen LogP contribution in [0.1, 0.15) is 71.7 Å². The number of aromatic nitrogens is 6. The summed E-state index contributed by atoms with van der Waals surface area (Å²) in [5.74, 6) is 0.701. The van der Waals surface area contributed by atoms with Crippen LogP contribution in [0.4, 0.5) is 24.5 Å². The molecule has 3 aliphatic heterocycles. The summed E-state index contributed by atoms with van der Waals surface area (Å²) in [5, 5.41) is 17.0. The molecule has 0 bridgehead atoms. The minimum absolute atomic E-state index is 0.00113. The van der Waals surface area contributed by atoms with Crippen molar-refractivity contribution in [2.24, 2.45) is 0 Å². The van der Waals surface area contributed by atoms with Gasteiger partial charge in [-0.2, -0.15) is 22.7 Å². The van der Waals surface area contributed by atoms with Gasteiger partial charge >= 0.3 is 6.18 Å². The van der Waals surface area contributed by atoms with Crippen molar-refractivity contribution in [3.63, 3.8) is 0 Å². The lowest BCUT2D eigenvalue weighted by Crippen LogP contribution is -2.51. The molecule has 2 aromatic carbocycles. The summed E-state index contributed by atoms with van der Waals surface area (Å²) >= 11 is 5.49. The van der Waals surface area contributed by atoms with Crippen LogP contribution in [0, 0.1) is 6.92 Å². The highest BCUT2D eigenvalue weighted by atomic mass is 35.5. The summed E-state index contributed by atoms with van der Waals surface area (Å²) in [4.78, 5) is 53.6. The summed E-state index contributed by atoms with van der Waals surface area (Å²) in [6.45, 7) is 10.9. The molecule has 2 N–H and O–H groups in total. The minimum Gasteiger partial charge on any atom is -0.504 e. The second-order valence-corrected chi connectivity index (χ2v) is 14.5. The van der Waals surface area contributed by atoms with Crippen molar-refractivity contribution in [2.45, 2.75) is 65.0 Å². The van der Waals surface area contributed by atoms with E-state index in [1.165, 1.54) is 10.8 Å². The van der Waals surface area contributed by atoms with Gasteiger partial charge in [-0.1, -0.05) is 30.7 Å².